The van der Waals surface area contributed by atoms with Gasteiger partial charge in [0.05, 0.1) is 5.69 Å². The number of thiophene rings is 1. The molecule has 0 saturated heterocycles. The second-order valence-electron chi connectivity index (χ2n) is 3.23. The van der Waals surface area contributed by atoms with Crippen LogP contribution in [0, 0.1) is 0 Å². The molecule has 14 heavy (non-hydrogen) atoms. The molecule has 2 N–H and O–H groups in total. The lowest BCUT2D eigenvalue weighted by Crippen LogP contribution is -2.08. The van der Waals surface area contributed by atoms with Crippen molar-refractivity contribution in [2.45, 2.75) is 12.8 Å². The topological polar surface area (TPSA) is 38.9 Å². The molecular formula is C10H12N2S2. The van der Waals surface area contributed by atoms with E-state index in [2.05, 4.69) is 34.1 Å². The summed E-state index contributed by atoms with van der Waals surface area (Å²) in [5, 5.41) is 7.39. The van der Waals surface area contributed by atoms with Crippen molar-refractivity contribution in [1.82, 2.24) is 4.98 Å². The van der Waals surface area contributed by atoms with Crippen molar-refractivity contribution in [1.29, 1.82) is 0 Å². The first-order valence-electron chi connectivity index (χ1n) is 4.49. The normalized spacial score (nSPS) is 13.0. The lowest BCUT2D eigenvalue weighted by Gasteiger charge is -2.02. The molecule has 2 heterocycles. The van der Waals surface area contributed by atoms with Crippen molar-refractivity contribution in [3.05, 3.63) is 27.9 Å². The molecule has 0 aliphatic carbocycles. The second kappa shape index (κ2) is 4.21. The third-order valence-electron chi connectivity index (χ3n) is 2.15. The number of hydrogen-bond acceptors (Lipinski definition) is 4. The fourth-order valence-electron chi connectivity index (χ4n) is 1.15. The van der Waals surface area contributed by atoms with E-state index >= 15 is 0 Å². The van der Waals surface area contributed by atoms with E-state index in [1.165, 1.54) is 5.56 Å². The largest absolute Gasteiger partial charge is 0.330 e. The number of nitrogens with zero attached hydrogens (tertiary/aromatic N) is 1. The van der Waals surface area contributed by atoms with Crippen LogP contribution in [-0.2, 0) is 0 Å². The molecule has 0 fully saturated rings. The van der Waals surface area contributed by atoms with E-state index in [0.717, 1.165) is 10.7 Å². The smallest absolute Gasteiger partial charge is 0.124 e. The van der Waals surface area contributed by atoms with Crippen molar-refractivity contribution in [3.8, 4) is 10.6 Å². The van der Waals surface area contributed by atoms with Gasteiger partial charge < -0.3 is 5.73 Å². The molecule has 0 saturated carbocycles. The lowest BCUT2D eigenvalue weighted by molar-refractivity contribution is 0.752. The van der Waals surface area contributed by atoms with E-state index in [1.54, 1.807) is 22.7 Å². The van der Waals surface area contributed by atoms with Crippen LogP contribution in [-0.4, -0.2) is 11.5 Å². The van der Waals surface area contributed by atoms with Crippen LogP contribution in [0.1, 0.15) is 18.5 Å². The van der Waals surface area contributed by atoms with Gasteiger partial charge in [-0.05, 0) is 11.4 Å². The van der Waals surface area contributed by atoms with Crippen LogP contribution in [0.25, 0.3) is 10.6 Å². The van der Waals surface area contributed by atoms with Crippen LogP contribution in [0.3, 0.4) is 0 Å². The minimum Gasteiger partial charge on any atom is -0.330 e. The van der Waals surface area contributed by atoms with E-state index in [-0.39, 0.29) is 0 Å². The van der Waals surface area contributed by atoms with Gasteiger partial charge in [0.2, 0.25) is 0 Å². The van der Waals surface area contributed by atoms with Gasteiger partial charge in [0, 0.05) is 28.8 Å². The summed E-state index contributed by atoms with van der Waals surface area (Å²) in [6.07, 6.45) is 0. The molecule has 4 heteroatoms. The molecule has 0 aromatic carbocycles. The highest BCUT2D eigenvalue weighted by Gasteiger charge is 2.09. The molecule has 0 spiro atoms. The summed E-state index contributed by atoms with van der Waals surface area (Å²) in [6.45, 7) is 2.76. The van der Waals surface area contributed by atoms with Gasteiger partial charge in [0.25, 0.3) is 0 Å². The molecule has 2 aromatic rings. The summed E-state index contributed by atoms with van der Waals surface area (Å²) in [4.78, 5) is 4.57. The van der Waals surface area contributed by atoms with Crippen LogP contribution in [0.5, 0.6) is 0 Å². The van der Waals surface area contributed by atoms with E-state index in [0.29, 0.717) is 12.5 Å². The zero-order valence-electron chi connectivity index (χ0n) is 7.93. The average Bonchev–Trinajstić information content (AvgIpc) is 2.86. The molecule has 1 unspecified atom stereocenters. The first-order chi connectivity index (χ1) is 6.81. The molecule has 2 nitrogen and oxygen atoms in total. The Morgan fingerprint density at radius 2 is 2.36 bits per heavy atom. The van der Waals surface area contributed by atoms with Gasteiger partial charge in [-0.25, -0.2) is 4.98 Å². The Hall–Kier alpha value is -0.710. The van der Waals surface area contributed by atoms with Crippen molar-refractivity contribution >= 4 is 22.7 Å². The highest BCUT2D eigenvalue weighted by Crippen LogP contribution is 2.27. The molecule has 0 bridgehead atoms. The highest BCUT2D eigenvalue weighted by molar-refractivity contribution is 7.14. The molecule has 2 rings (SSSR count). The van der Waals surface area contributed by atoms with Gasteiger partial charge in [-0.3, -0.25) is 0 Å². The van der Waals surface area contributed by atoms with Crippen LogP contribution < -0.4 is 5.73 Å². The summed E-state index contributed by atoms with van der Waals surface area (Å²) in [5.74, 6) is 0.360. The summed E-state index contributed by atoms with van der Waals surface area (Å²) < 4.78 is 0. The summed E-state index contributed by atoms with van der Waals surface area (Å²) >= 11 is 3.39. The molecule has 74 valence electrons. The number of aromatic nitrogens is 1. The quantitative estimate of drug-likeness (QED) is 0.870. The van der Waals surface area contributed by atoms with Gasteiger partial charge in [0.1, 0.15) is 5.01 Å². The third kappa shape index (κ3) is 1.87. The molecule has 0 radical (unpaired) electrons. The van der Waals surface area contributed by atoms with Crippen molar-refractivity contribution in [2.75, 3.05) is 6.54 Å². The maximum atomic E-state index is 5.60. The summed E-state index contributed by atoms with van der Waals surface area (Å²) in [7, 11) is 0. The molecule has 0 amide bonds. The van der Waals surface area contributed by atoms with Gasteiger partial charge in [-0.1, -0.05) is 6.92 Å². The number of thiazole rings is 1. The standard InChI is InChI=1S/C10H12N2S2/c1-7(4-11)9-6-14-10(12-9)8-2-3-13-5-8/h2-3,5-7H,4,11H2,1H3. The number of hydrogen-bond donors (Lipinski definition) is 1. The summed E-state index contributed by atoms with van der Waals surface area (Å²) in [5.41, 5.74) is 7.93. The van der Waals surface area contributed by atoms with Crippen LogP contribution in [0.2, 0.25) is 0 Å². The Bertz CT molecular complexity index is 392. The Labute approximate surface area is 91.4 Å². The summed E-state index contributed by atoms with van der Waals surface area (Å²) in [6, 6.07) is 2.10. The monoisotopic (exact) mass is 224 g/mol. The van der Waals surface area contributed by atoms with Crippen LogP contribution in [0.4, 0.5) is 0 Å². The predicted molar refractivity (Wildman–Crippen MR) is 62.9 cm³/mol. The SMILES string of the molecule is CC(CN)c1csc(-c2ccsc2)n1. The first kappa shape index (κ1) is 9.83. The molecule has 0 aliphatic heterocycles. The Balaban J connectivity index is 2.26. The van der Waals surface area contributed by atoms with Crippen molar-refractivity contribution in [2.24, 2.45) is 5.73 Å². The van der Waals surface area contributed by atoms with E-state index in [1.807, 2.05) is 0 Å². The van der Waals surface area contributed by atoms with Gasteiger partial charge in [-0.2, -0.15) is 11.3 Å². The van der Waals surface area contributed by atoms with Crippen molar-refractivity contribution < 1.29 is 0 Å². The van der Waals surface area contributed by atoms with Crippen LogP contribution in [0.15, 0.2) is 22.2 Å². The minimum atomic E-state index is 0.360. The van der Waals surface area contributed by atoms with Crippen LogP contribution >= 0.6 is 22.7 Å². The fourth-order valence-corrected chi connectivity index (χ4v) is 2.81. The Kier molecular flexibility index (Phi) is 2.96. The van der Waals surface area contributed by atoms with E-state index in [9.17, 15) is 0 Å². The lowest BCUT2D eigenvalue weighted by atomic mass is 10.1. The molecule has 0 aliphatic rings. The average molecular weight is 224 g/mol. The van der Waals surface area contributed by atoms with Gasteiger partial charge in [0.15, 0.2) is 0 Å². The predicted octanol–water partition coefficient (Wildman–Crippen LogP) is 2.93. The second-order valence-corrected chi connectivity index (χ2v) is 4.86. The molecule has 1 atom stereocenters. The van der Waals surface area contributed by atoms with Crippen molar-refractivity contribution in [3.63, 3.8) is 0 Å². The molecule has 2 aromatic heterocycles. The fraction of sp³-hybridized carbons (Fsp3) is 0.300. The third-order valence-corrected chi connectivity index (χ3v) is 3.74. The van der Waals surface area contributed by atoms with E-state index in [4.69, 9.17) is 5.73 Å². The van der Waals surface area contributed by atoms with Gasteiger partial charge in [-0.15, -0.1) is 11.3 Å². The van der Waals surface area contributed by atoms with Gasteiger partial charge >= 0.3 is 0 Å². The molecular weight excluding hydrogens is 212 g/mol. The number of nitrogens with two attached hydrogens (primary N) is 1. The zero-order valence-corrected chi connectivity index (χ0v) is 9.57. The minimum absolute atomic E-state index is 0.360. The Morgan fingerprint density at radius 3 is 3.00 bits per heavy atom. The first-order valence-corrected chi connectivity index (χ1v) is 6.31. The zero-order chi connectivity index (χ0) is 9.97. The number of rotatable bonds is 3. The maximum absolute atomic E-state index is 5.60. The maximum Gasteiger partial charge on any atom is 0.124 e. The Morgan fingerprint density at radius 1 is 1.50 bits per heavy atom. The highest BCUT2D eigenvalue weighted by atomic mass is 32.1. The van der Waals surface area contributed by atoms with E-state index < -0.39 is 0 Å².